The molecule has 0 aliphatic rings. The van der Waals surface area contributed by atoms with Crippen LogP contribution in [0.15, 0.2) is 122 Å². The van der Waals surface area contributed by atoms with Gasteiger partial charge < -0.3 is 10.6 Å². The summed E-state index contributed by atoms with van der Waals surface area (Å²) in [6, 6.07) is 37.2. The van der Waals surface area contributed by atoms with Gasteiger partial charge in [-0.2, -0.15) is 0 Å². The van der Waals surface area contributed by atoms with E-state index in [1.807, 2.05) is 70.1 Å². The Hall–Kier alpha value is -4.45. The van der Waals surface area contributed by atoms with Crippen molar-refractivity contribution < 1.29 is 4.79 Å². The van der Waals surface area contributed by atoms with Gasteiger partial charge in [-0.05, 0) is 60.3 Å². The maximum absolute atomic E-state index is 14.0. The van der Waals surface area contributed by atoms with Gasteiger partial charge in [0.25, 0.3) is 0 Å². The number of aromatic nitrogens is 2. The molecule has 0 saturated carbocycles. The number of nitrogens with zero attached hydrogens (tertiary/aromatic N) is 2. The second kappa shape index (κ2) is 12.2. The molecule has 0 spiro atoms. The van der Waals surface area contributed by atoms with Gasteiger partial charge in [-0.1, -0.05) is 97.1 Å². The number of hydrogen-bond donors (Lipinski definition) is 2. The molecule has 2 heterocycles. The molecule has 0 fully saturated rings. The van der Waals surface area contributed by atoms with E-state index in [4.69, 9.17) is 0 Å². The molecule has 0 saturated heterocycles. The molecule has 5 heteroatoms. The molecular formula is C35H34N4O. The lowest BCUT2D eigenvalue weighted by molar-refractivity contribution is 0.245. The SMILES string of the molecule is O=C(n1cc(CCNCc2ccccc2)c2ccccc21)n1cc(CCNCc2ccccc2)c2ccccc21. The first-order chi connectivity index (χ1) is 19.8. The Bertz CT molecular complexity index is 1590. The molecule has 0 aliphatic heterocycles. The van der Waals surface area contributed by atoms with Crippen molar-refractivity contribution in [1.29, 1.82) is 0 Å². The van der Waals surface area contributed by atoms with Crippen molar-refractivity contribution in [2.45, 2.75) is 25.9 Å². The van der Waals surface area contributed by atoms with E-state index in [-0.39, 0.29) is 6.03 Å². The Morgan fingerprint density at radius 2 is 0.925 bits per heavy atom. The van der Waals surface area contributed by atoms with E-state index in [0.29, 0.717) is 0 Å². The summed E-state index contributed by atoms with van der Waals surface area (Å²) < 4.78 is 3.62. The highest BCUT2D eigenvalue weighted by molar-refractivity contribution is 5.99. The molecule has 0 unspecified atom stereocenters. The minimum atomic E-state index is -0.0561. The maximum atomic E-state index is 14.0. The molecular weight excluding hydrogens is 492 g/mol. The first-order valence-electron chi connectivity index (χ1n) is 14.0. The minimum absolute atomic E-state index is 0.0561. The zero-order valence-electron chi connectivity index (χ0n) is 22.6. The number of para-hydroxylation sites is 2. The van der Waals surface area contributed by atoms with Crippen LogP contribution >= 0.6 is 0 Å². The Kier molecular flexibility index (Phi) is 7.85. The Balaban J connectivity index is 1.20. The second-order valence-electron chi connectivity index (χ2n) is 10.2. The van der Waals surface area contributed by atoms with E-state index in [0.717, 1.165) is 60.8 Å². The van der Waals surface area contributed by atoms with Gasteiger partial charge in [-0.15, -0.1) is 0 Å². The van der Waals surface area contributed by atoms with Crippen molar-refractivity contribution in [2.75, 3.05) is 13.1 Å². The van der Waals surface area contributed by atoms with Crippen LogP contribution in [0, 0.1) is 0 Å². The molecule has 6 rings (SSSR count). The first kappa shape index (κ1) is 25.8. The summed E-state index contributed by atoms with van der Waals surface area (Å²) in [4.78, 5) is 14.0. The van der Waals surface area contributed by atoms with E-state index in [1.165, 1.54) is 22.3 Å². The van der Waals surface area contributed by atoms with Crippen LogP contribution in [0.4, 0.5) is 4.79 Å². The van der Waals surface area contributed by atoms with E-state index in [1.54, 1.807) is 0 Å². The summed E-state index contributed by atoms with van der Waals surface area (Å²) in [5.74, 6) is 0. The molecule has 40 heavy (non-hydrogen) atoms. The normalized spacial score (nSPS) is 11.4. The van der Waals surface area contributed by atoms with Crippen molar-refractivity contribution in [3.63, 3.8) is 0 Å². The van der Waals surface area contributed by atoms with Crippen molar-refractivity contribution in [2.24, 2.45) is 0 Å². The summed E-state index contributed by atoms with van der Waals surface area (Å²) >= 11 is 0. The lowest BCUT2D eigenvalue weighted by atomic mass is 10.1. The van der Waals surface area contributed by atoms with Gasteiger partial charge in [0.05, 0.1) is 11.0 Å². The predicted octanol–water partition coefficient (Wildman–Crippen LogP) is 6.78. The number of rotatable bonds is 10. The fraction of sp³-hybridized carbons (Fsp3) is 0.171. The number of hydrogen-bond acceptors (Lipinski definition) is 3. The quantitative estimate of drug-likeness (QED) is 0.194. The Labute approximate surface area is 235 Å². The van der Waals surface area contributed by atoms with Gasteiger partial charge in [0.2, 0.25) is 0 Å². The lowest BCUT2D eigenvalue weighted by Crippen LogP contribution is -2.18. The third-order valence-electron chi connectivity index (χ3n) is 7.49. The van der Waals surface area contributed by atoms with Gasteiger partial charge in [-0.3, -0.25) is 9.13 Å². The smallest absolute Gasteiger partial charge is 0.312 e. The van der Waals surface area contributed by atoms with Gasteiger partial charge in [0.15, 0.2) is 0 Å². The van der Waals surface area contributed by atoms with Crippen molar-refractivity contribution >= 4 is 27.8 Å². The van der Waals surface area contributed by atoms with Crippen LogP contribution < -0.4 is 10.6 Å². The average molecular weight is 527 g/mol. The fourth-order valence-corrected chi connectivity index (χ4v) is 5.43. The zero-order chi connectivity index (χ0) is 27.1. The topological polar surface area (TPSA) is 51.0 Å². The van der Waals surface area contributed by atoms with Crippen molar-refractivity contribution in [3.05, 3.63) is 144 Å². The van der Waals surface area contributed by atoms with Crippen LogP contribution in [0.5, 0.6) is 0 Å². The highest BCUT2D eigenvalue weighted by atomic mass is 16.2. The van der Waals surface area contributed by atoms with E-state index in [2.05, 4.69) is 71.3 Å². The number of benzene rings is 4. The second-order valence-corrected chi connectivity index (χ2v) is 10.2. The average Bonchev–Trinajstić information content (AvgIpc) is 3.57. The number of fused-ring (bicyclic) bond motifs is 2. The molecule has 0 bridgehead atoms. The predicted molar refractivity (Wildman–Crippen MR) is 164 cm³/mol. The molecule has 4 aromatic carbocycles. The van der Waals surface area contributed by atoms with Crippen LogP contribution in [0.3, 0.4) is 0 Å². The summed E-state index contributed by atoms with van der Waals surface area (Å²) in [5.41, 5.74) is 6.76. The number of nitrogens with one attached hydrogen (secondary N) is 2. The van der Waals surface area contributed by atoms with E-state index >= 15 is 0 Å². The summed E-state index contributed by atoms with van der Waals surface area (Å²) in [5, 5.41) is 9.33. The third kappa shape index (κ3) is 5.62. The maximum Gasteiger partial charge on any atom is 0.337 e. The highest BCUT2D eigenvalue weighted by Gasteiger charge is 2.18. The zero-order valence-corrected chi connectivity index (χ0v) is 22.6. The largest absolute Gasteiger partial charge is 0.337 e. The van der Waals surface area contributed by atoms with Gasteiger partial charge >= 0.3 is 6.03 Å². The molecule has 0 atom stereocenters. The lowest BCUT2D eigenvalue weighted by Gasteiger charge is -2.06. The number of carbonyl (C=O) groups is 1. The Morgan fingerprint density at radius 1 is 0.525 bits per heavy atom. The molecule has 0 amide bonds. The molecule has 2 N–H and O–H groups in total. The van der Waals surface area contributed by atoms with Crippen molar-refractivity contribution in [3.8, 4) is 0 Å². The molecule has 5 nitrogen and oxygen atoms in total. The van der Waals surface area contributed by atoms with Crippen LogP contribution in [0.1, 0.15) is 22.3 Å². The monoisotopic (exact) mass is 526 g/mol. The molecule has 0 radical (unpaired) electrons. The molecule has 2 aromatic heterocycles. The van der Waals surface area contributed by atoms with Crippen LogP contribution in [-0.2, 0) is 25.9 Å². The van der Waals surface area contributed by atoms with Crippen LogP contribution in [-0.4, -0.2) is 28.3 Å². The Morgan fingerprint density at radius 3 is 1.38 bits per heavy atom. The first-order valence-corrected chi connectivity index (χ1v) is 14.0. The molecule has 0 aliphatic carbocycles. The van der Waals surface area contributed by atoms with Crippen LogP contribution in [0.25, 0.3) is 21.8 Å². The molecule has 200 valence electrons. The summed E-state index contributed by atoms with van der Waals surface area (Å²) in [6.45, 7) is 3.33. The summed E-state index contributed by atoms with van der Waals surface area (Å²) in [7, 11) is 0. The summed E-state index contributed by atoms with van der Waals surface area (Å²) in [6.07, 6.45) is 5.73. The highest BCUT2D eigenvalue weighted by Crippen LogP contribution is 2.26. The van der Waals surface area contributed by atoms with E-state index in [9.17, 15) is 4.79 Å². The van der Waals surface area contributed by atoms with Crippen LogP contribution in [0.2, 0.25) is 0 Å². The van der Waals surface area contributed by atoms with Gasteiger partial charge in [0, 0.05) is 36.3 Å². The standard InChI is InChI=1S/C35H34N4O/c40-35(38-25-29(31-15-7-9-17-33(31)38)19-21-36-23-27-11-3-1-4-12-27)39-26-30(32-16-8-10-18-34(32)39)20-22-37-24-28-13-5-2-6-14-28/h1-18,25-26,36-37H,19-24H2. The van der Waals surface area contributed by atoms with Gasteiger partial charge in [0.1, 0.15) is 0 Å². The molecule has 6 aromatic rings. The third-order valence-corrected chi connectivity index (χ3v) is 7.49. The number of carbonyl (C=O) groups excluding carboxylic acids is 1. The van der Waals surface area contributed by atoms with E-state index < -0.39 is 0 Å². The minimum Gasteiger partial charge on any atom is -0.312 e. The fourth-order valence-electron chi connectivity index (χ4n) is 5.43. The van der Waals surface area contributed by atoms with Gasteiger partial charge in [-0.25, -0.2) is 4.79 Å². The van der Waals surface area contributed by atoms with Crippen molar-refractivity contribution in [1.82, 2.24) is 19.8 Å².